The molecule has 0 N–H and O–H groups in total. The molecule has 0 atom stereocenters. The molecule has 0 saturated heterocycles. The van der Waals surface area contributed by atoms with Crippen molar-refractivity contribution in [1.29, 1.82) is 5.26 Å². The predicted molar refractivity (Wildman–Crippen MR) is 84.7 cm³/mol. The van der Waals surface area contributed by atoms with Crippen molar-refractivity contribution in [3.63, 3.8) is 0 Å². The van der Waals surface area contributed by atoms with E-state index in [0.717, 1.165) is 24.3 Å². The standard InChI is InChI=1S/C16H9F6N5O2/c17-15(18,19)28-12-5-1-10(2-6-12)24-26-14(9-23)27-25-11-3-7-13(8-4-11)29-16(20,21)22/h1-8,14H. The molecule has 0 radical (unpaired) electrons. The van der Waals surface area contributed by atoms with Gasteiger partial charge < -0.3 is 9.47 Å². The SMILES string of the molecule is N#CC(N=Nc1ccc(OC(F)(F)F)cc1)N=Nc1ccc(OC(F)(F)F)cc1. The fourth-order valence-electron chi connectivity index (χ4n) is 1.75. The zero-order valence-electron chi connectivity index (χ0n) is 14.0. The third-order valence-corrected chi connectivity index (χ3v) is 2.82. The van der Waals surface area contributed by atoms with Crippen molar-refractivity contribution in [2.45, 2.75) is 18.9 Å². The van der Waals surface area contributed by atoms with Crippen LogP contribution in [0.5, 0.6) is 11.5 Å². The minimum Gasteiger partial charge on any atom is -0.406 e. The number of ether oxygens (including phenoxy) is 2. The summed E-state index contributed by atoms with van der Waals surface area (Å²) in [5, 5.41) is 23.4. The van der Waals surface area contributed by atoms with E-state index in [-0.39, 0.29) is 11.4 Å². The highest BCUT2D eigenvalue weighted by molar-refractivity contribution is 5.41. The van der Waals surface area contributed by atoms with Crippen LogP contribution in [0.3, 0.4) is 0 Å². The molecule has 0 aliphatic carbocycles. The summed E-state index contributed by atoms with van der Waals surface area (Å²) in [6, 6.07) is 10.4. The average Bonchev–Trinajstić information content (AvgIpc) is 2.62. The first-order valence-electron chi connectivity index (χ1n) is 7.47. The molecule has 2 aromatic rings. The van der Waals surface area contributed by atoms with E-state index in [1.54, 1.807) is 6.07 Å². The highest BCUT2D eigenvalue weighted by Crippen LogP contribution is 2.26. The molecule has 0 spiro atoms. The van der Waals surface area contributed by atoms with Gasteiger partial charge in [0.15, 0.2) is 0 Å². The number of rotatable bonds is 6. The van der Waals surface area contributed by atoms with Crippen LogP contribution in [0, 0.1) is 11.3 Å². The molecule has 0 unspecified atom stereocenters. The summed E-state index contributed by atoms with van der Waals surface area (Å²) in [7, 11) is 0. The summed E-state index contributed by atoms with van der Waals surface area (Å²) in [6.07, 6.45) is -11.0. The van der Waals surface area contributed by atoms with Crippen molar-refractivity contribution in [3.05, 3.63) is 48.5 Å². The second-order valence-electron chi connectivity index (χ2n) is 5.02. The van der Waals surface area contributed by atoms with Crippen molar-refractivity contribution >= 4 is 11.4 Å². The van der Waals surface area contributed by atoms with E-state index >= 15 is 0 Å². The highest BCUT2D eigenvalue weighted by Gasteiger charge is 2.31. The maximum atomic E-state index is 12.1. The number of halogens is 6. The van der Waals surface area contributed by atoms with Gasteiger partial charge in [0.05, 0.1) is 11.4 Å². The second-order valence-corrected chi connectivity index (χ2v) is 5.02. The van der Waals surface area contributed by atoms with Crippen LogP contribution >= 0.6 is 0 Å². The Labute approximate surface area is 158 Å². The van der Waals surface area contributed by atoms with Crippen molar-refractivity contribution in [2.24, 2.45) is 20.5 Å². The molecule has 13 heteroatoms. The first kappa shape index (κ1) is 21.6. The van der Waals surface area contributed by atoms with Crippen LogP contribution in [-0.4, -0.2) is 18.9 Å². The Bertz CT molecular complexity index is 832. The fourth-order valence-corrected chi connectivity index (χ4v) is 1.75. The van der Waals surface area contributed by atoms with E-state index in [1.165, 1.54) is 24.3 Å². The van der Waals surface area contributed by atoms with Gasteiger partial charge in [-0.1, -0.05) is 0 Å². The molecule has 0 aromatic heterocycles. The Morgan fingerprint density at radius 3 is 1.31 bits per heavy atom. The lowest BCUT2D eigenvalue weighted by Crippen LogP contribution is -2.16. The van der Waals surface area contributed by atoms with Crippen LogP contribution in [0.4, 0.5) is 37.7 Å². The van der Waals surface area contributed by atoms with Crippen molar-refractivity contribution in [3.8, 4) is 17.6 Å². The Balaban J connectivity index is 1.98. The van der Waals surface area contributed by atoms with Gasteiger partial charge in [0.2, 0.25) is 0 Å². The van der Waals surface area contributed by atoms with Crippen LogP contribution in [0.25, 0.3) is 0 Å². The van der Waals surface area contributed by atoms with Gasteiger partial charge in [-0.05, 0) is 48.5 Å². The van der Waals surface area contributed by atoms with Crippen LogP contribution < -0.4 is 9.47 Å². The zero-order chi connectivity index (χ0) is 21.5. The molecular formula is C16H9F6N5O2. The van der Waals surface area contributed by atoms with Crippen molar-refractivity contribution in [1.82, 2.24) is 0 Å². The first-order chi connectivity index (χ1) is 13.5. The lowest BCUT2D eigenvalue weighted by Gasteiger charge is -2.08. The number of hydrogen-bond donors (Lipinski definition) is 0. The van der Waals surface area contributed by atoms with E-state index in [1.807, 2.05) is 0 Å². The summed E-state index contributed by atoms with van der Waals surface area (Å²) in [4.78, 5) is 0. The van der Waals surface area contributed by atoms with Crippen molar-refractivity contribution in [2.75, 3.05) is 0 Å². The Morgan fingerprint density at radius 2 is 1.03 bits per heavy atom. The molecule has 0 aliphatic heterocycles. The first-order valence-corrected chi connectivity index (χ1v) is 7.47. The van der Waals surface area contributed by atoms with E-state index in [4.69, 9.17) is 5.26 Å². The molecule has 0 saturated carbocycles. The van der Waals surface area contributed by atoms with E-state index in [0.29, 0.717) is 0 Å². The largest absolute Gasteiger partial charge is 0.573 e. The molecule has 0 aliphatic rings. The molecule has 0 amide bonds. The molecule has 2 rings (SSSR count). The van der Waals surface area contributed by atoms with Gasteiger partial charge in [-0.15, -0.1) is 36.6 Å². The molecule has 29 heavy (non-hydrogen) atoms. The second kappa shape index (κ2) is 9.00. The smallest absolute Gasteiger partial charge is 0.406 e. The third-order valence-electron chi connectivity index (χ3n) is 2.82. The Hall–Kier alpha value is -3.69. The quantitative estimate of drug-likeness (QED) is 0.414. The molecule has 2 aromatic carbocycles. The minimum atomic E-state index is -4.83. The monoisotopic (exact) mass is 417 g/mol. The lowest BCUT2D eigenvalue weighted by molar-refractivity contribution is -0.275. The lowest BCUT2D eigenvalue weighted by atomic mass is 10.3. The van der Waals surface area contributed by atoms with E-state index < -0.39 is 30.4 Å². The minimum absolute atomic E-state index is 0.128. The maximum absolute atomic E-state index is 12.1. The number of benzene rings is 2. The summed E-state index contributed by atoms with van der Waals surface area (Å²) < 4.78 is 79.9. The number of nitrogens with zero attached hydrogens (tertiary/aromatic N) is 5. The van der Waals surface area contributed by atoms with Gasteiger partial charge >= 0.3 is 12.7 Å². The molecular weight excluding hydrogens is 408 g/mol. The van der Waals surface area contributed by atoms with Gasteiger partial charge in [0.1, 0.15) is 17.6 Å². The van der Waals surface area contributed by atoms with Gasteiger partial charge in [-0.25, -0.2) is 0 Å². The maximum Gasteiger partial charge on any atom is 0.573 e. The fraction of sp³-hybridized carbons (Fsp3) is 0.188. The van der Waals surface area contributed by atoms with Crippen LogP contribution in [0.1, 0.15) is 0 Å². The molecule has 7 nitrogen and oxygen atoms in total. The number of alkyl halides is 6. The van der Waals surface area contributed by atoms with E-state index in [9.17, 15) is 26.3 Å². The van der Waals surface area contributed by atoms with Crippen molar-refractivity contribution < 1.29 is 35.8 Å². The highest BCUT2D eigenvalue weighted by atomic mass is 19.4. The van der Waals surface area contributed by atoms with Gasteiger partial charge in [0.25, 0.3) is 6.17 Å². The molecule has 0 fully saturated rings. The number of nitriles is 1. The summed E-state index contributed by atoms with van der Waals surface area (Å²) in [5.74, 6) is -0.906. The van der Waals surface area contributed by atoms with Crippen LogP contribution in [0.15, 0.2) is 69.0 Å². The number of azo groups is 2. The van der Waals surface area contributed by atoms with Gasteiger partial charge in [-0.3, -0.25) is 0 Å². The van der Waals surface area contributed by atoms with Gasteiger partial charge in [0, 0.05) is 0 Å². The third kappa shape index (κ3) is 8.24. The molecule has 0 heterocycles. The molecule has 152 valence electrons. The number of hydrogen-bond acceptors (Lipinski definition) is 7. The Morgan fingerprint density at radius 1 is 0.690 bits per heavy atom. The Kier molecular flexibility index (Phi) is 6.71. The van der Waals surface area contributed by atoms with Crippen LogP contribution in [-0.2, 0) is 0 Å². The van der Waals surface area contributed by atoms with Gasteiger partial charge in [-0.2, -0.15) is 15.5 Å². The van der Waals surface area contributed by atoms with E-state index in [2.05, 4.69) is 29.9 Å². The van der Waals surface area contributed by atoms with Crippen LogP contribution in [0.2, 0.25) is 0 Å². The topological polar surface area (TPSA) is 91.7 Å². The molecule has 0 bridgehead atoms. The summed E-state index contributed by atoms with van der Waals surface area (Å²) in [6.45, 7) is 0. The zero-order valence-corrected chi connectivity index (χ0v) is 14.0. The predicted octanol–water partition coefficient (Wildman–Crippen LogP) is 6.20. The average molecular weight is 417 g/mol. The normalized spacial score (nSPS) is 13.4. The summed E-state index contributed by atoms with van der Waals surface area (Å²) >= 11 is 0. The summed E-state index contributed by atoms with van der Waals surface area (Å²) in [5.41, 5.74) is 0.257.